The van der Waals surface area contributed by atoms with Crippen LogP contribution in [0.5, 0.6) is 0 Å². The van der Waals surface area contributed by atoms with Gasteiger partial charge in [0.25, 0.3) is 0 Å². The van der Waals surface area contributed by atoms with E-state index in [-0.39, 0.29) is 12.5 Å². The molecule has 1 aliphatic rings. The largest absolute Gasteiger partial charge is 0.396 e. The van der Waals surface area contributed by atoms with Crippen molar-refractivity contribution in [3.8, 4) is 0 Å². The molecule has 1 saturated heterocycles. The van der Waals surface area contributed by atoms with Gasteiger partial charge in [0.2, 0.25) is 0 Å². The van der Waals surface area contributed by atoms with Gasteiger partial charge in [0.15, 0.2) is 17.5 Å². The number of hydrogen-bond acceptors (Lipinski definition) is 3. The SMILES string of the molecule is O=C(Nc1ccc(F)c(F)c1F)C(=O)N1CCC(CO)CC1. The number of hydrogen-bond donors (Lipinski definition) is 2. The molecule has 0 aromatic heterocycles. The standard InChI is InChI=1S/C14H15F3N2O3/c15-9-1-2-10(12(17)11(9)16)18-13(21)14(22)19-5-3-8(7-20)4-6-19/h1-2,8,20H,3-7H2,(H,18,21). The third kappa shape index (κ3) is 3.38. The van der Waals surface area contributed by atoms with Crippen LogP contribution in [0.15, 0.2) is 12.1 Å². The second kappa shape index (κ2) is 6.78. The monoisotopic (exact) mass is 316 g/mol. The molecule has 0 aliphatic carbocycles. The Labute approximate surface area is 124 Å². The van der Waals surface area contributed by atoms with Crippen molar-refractivity contribution < 1.29 is 27.9 Å². The summed E-state index contributed by atoms with van der Waals surface area (Å²) in [5.41, 5.74) is -0.595. The Morgan fingerprint density at radius 3 is 2.41 bits per heavy atom. The number of carbonyl (C=O) groups excluding carboxylic acids is 2. The van der Waals surface area contributed by atoms with E-state index < -0.39 is 35.0 Å². The molecule has 2 N–H and O–H groups in total. The number of nitrogens with one attached hydrogen (secondary N) is 1. The van der Waals surface area contributed by atoms with Crippen molar-refractivity contribution in [1.82, 2.24) is 4.90 Å². The summed E-state index contributed by atoms with van der Waals surface area (Å²) in [6, 6.07) is 1.50. The van der Waals surface area contributed by atoms with E-state index in [0.717, 1.165) is 6.07 Å². The molecule has 1 fully saturated rings. The summed E-state index contributed by atoms with van der Waals surface area (Å²) in [6.07, 6.45) is 1.13. The van der Waals surface area contributed by atoms with Gasteiger partial charge < -0.3 is 15.3 Å². The Balaban J connectivity index is 2.01. The number of rotatable bonds is 2. The van der Waals surface area contributed by atoms with E-state index in [0.29, 0.717) is 32.0 Å². The first-order valence-electron chi connectivity index (χ1n) is 6.78. The lowest BCUT2D eigenvalue weighted by Crippen LogP contribution is -2.44. The van der Waals surface area contributed by atoms with E-state index in [1.807, 2.05) is 5.32 Å². The molecule has 120 valence electrons. The maximum atomic E-state index is 13.4. The van der Waals surface area contributed by atoms with Gasteiger partial charge in [0.05, 0.1) is 5.69 Å². The number of nitrogens with zero attached hydrogens (tertiary/aromatic N) is 1. The van der Waals surface area contributed by atoms with Gasteiger partial charge in [0, 0.05) is 19.7 Å². The van der Waals surface area contributed by atoms with E-state index in [2.05, 4.69) is 0 Å². The van der Waals surface area contributed by atoms with Gasteiger partial charge in [0.1, 0.15) is 0 Å². The average molecular weight is 316 g/mol. The highest BCUT2D eigenvalue weighted by Gasteiger charge is 2.27. The molecule has 5 nitrogen and oxygen atoms in total. The van der Waals surface area contributed by atoms with Gasteiger partial charge in [-0.1, -0.05) is 0 Å². The van der Waals surface area contributed by atoms with Gasteiger partial charge in [-0.2, -0.15) is 0 Å². The van der Waals surface area contributed by atoms with Crippen LogP contribution in [0, 0.1) is 23.4 Å². The average Bonchev–Trinajstić information content (AvgIpc) is 2.54. The second-order valence-electron chi connectivity index (χ2n) is 5.10. The number of aliphatic hydroxyl groups is 1. The van der Waals surface area contributed by atoms with Crippen molar-refractivity contribution in [1.29, 1.82) is 0 Å². The molecule has 1 aromatic rings. The van der Waals surface area contributed by atoms with Crippen molar-refractivity contribution in [3.63, 3.8) is 0 Å². The van der Waals surface area contributed by atoms with Crippen molar-refractivity contribution in [2.75, 3.05) is 25.0 Å². The molecule has 1 aliphatic heterocycles. The van der Waals surface area contributed by atoms with Gasteiger partial charge in [-0.05, 0) is 30.9 Å². The summed E-state index contributed by atoms with van der Waals surface area (Å²) in [5.74, 6) is -6.55. The van der Waals surface area contributed by atoms with E-state index in [9.17, 15) is 22.8 Å². The number of likely N-dealkylation sites (tertiary alicyclic amines) is 1. The lowest BCUT2D eigenvalue weighted by molar-refractivity contribution is -0.144. The van der Waals surface area contributed by atoms with E-state index >= 15 is 0 Å². The molecule has 1 aromatic carbocycles. The van der Waals surface area contributed by atoms with Crippen molar-refractivity contribution >= 4 is 17.5 Å². The quantitative estimate of drug-likeness (QED) is 0.638. The van der Waals surface area contributed by atoms with Crippen LogP contribution in [0.4, 0.5) is 18.9 Å². The van der Waals surface area contributed by atoms with Gasteiger partial charge in [-0.3, -0.25) is 9.59 Å². The minimum Gasteiger partial charge on any atom is -0.396 e. The van der Waals surface area contributed by atoms with Crippen molar-refractivity contribution in [3.05, 3.63) is 29.6 Å². The Hall–Kier alpha value is -2.09. The normalized spacial score (nSPS) is 15.7. The summed E-state index contributed by atoms with van der Waals surface area (Å²) in [7, 11) is 0. The molecule has 0 unspecified atom stereocenters. The molecule has 2 rings (SSSR count). The molecular weight excluding hydrogens is 301 g/mol. The first-order valence-corrected chi connectivity index (χ1v) is 6.78. The zero-order chi connectivity index (χ0) is 16.3. The predicted molar refractivity (Wildman–Crippen MR) is 71.3 cm³/mol. The molecule has 0 spiro atoms. The minimum absolute atomic E-state index is 0.0221. The van der Waals surface area contributed by atoms with E-state index in [1.54, 1.807) is 0 Å². The smallest absolute Gasteiger partial charge is 0.313 e. The fourth-order valence-electron chi connectivity index (χ4n) is 2.26. The molecule has 0 radical (unpaired) electrons. The Morgan fingerprint density at radius 1 is 1.18 bits per heavy atom. The number of benzene rings is 1. The number of piperidine rings is 1. The maximum Gasteiger partial charge on any atom is 0.313 e. The Morgan fingerprint density at radius 2 is 1.82 bits per heavy atom. The lowest BCUT2D eigenvalue weighted by Gasteiger charge is -2.30. The molecule has 22 heavy (non-hydrogen) atoms. The molecule has 2 amide bonds. The third-order valence-electron chi connectivity index (χ3n) is 3.64. The fraction of sp³-hybridized carbons (Fsp3) is 0.429. The summed E-state index contributed by atoms with van der Waals surface area (Å²) < 4.78 is 39.3. The molecule has 1 heterocycles. The van der Waals surface area contributed by atoms with Crippen LogP contribution in [0.25, 0.3) is 0 Å². The van der Waals surface area contributed by atoms with Gasteiger partial charge >= 0.3 is 11.8 Å². The van der Waals surface area contributed by atoms with Gasteiger partial charge in [-0.15, -0.1) is 0 Å². The third-order valence-corrected chi connectivity index (χ3v) is 3.64. The van der Waals surface area contributed by atoms with Crippen LogP contribution >= 0.6 is 0 Å². The summed E-state index contributed by atoms with van der Waals surface area (Å²) in [5, 5.41) is 10.9. The fourth-order valence-corrected chi connectivity index (χ4v) is 2.26. The first kappa shape index (κ1) is 16.3. The van der Waals surface area contributed by atoms with Crippen LogP contribution in [-0.2, 0) is 9.59 Å². The van der Waals surface area contributed by atoms with Gasteiger partial charge in [-0.25, -0.2) is 13.2 Å². The van der Waals surface area contributed by atoms with E-state index in [1.165, 1.54) is 4.90 Å². The van der Waals surface area contributed by atoms with E-state index in [4.69, 9.17) is 5.11 Å². The number of anilines is 1. The number of halogens is 3. The van der Waals surface area contributed by atoms with Crippen molar-refractivity contribution in [2.45, 2.75) is 12.8 Å². The van der Waals surface area contributed by atoms with Crippen LogP contribution in [0.1, 0.15) is 12.8 Å². The summed E-state index contributed by atoms with van der Waals surface area (Å²) >= 11 is 0. The lowest BCUT2D eigenvalue weighted by atomic mass is 9.98. The molecule has 0 atom stereocenters. The maximum absolute atomic E-state index is 13.4. The minimum atomic E-state index is -1.71. The van der Waals surface area contributed by atoms with Crippen LogP contribution in [0.3, 0.4) is 0 Å². The number of amides is 2. The predicted octanol–water partition coefficient (Wildman–Crippen LogP) is 1.27. The molecular formula is C14H15F3N2O3. The summed E-state index contributed by atoms with van der Waals surface area (Å²) in [6.45, 7) is 0.629. The first-order chi connectivity index (χ1) is 10.4. The molecule has 8 heteroatoms. The molecule has 0 bridgehead atoms. The second-order valence-corrected chi connectivity index (χ2v) is 5.10. The zero-order valence-electron chi connectivity index (χ0n) is 11.6. The highest BCUT2D eigenvalue weighted by molar-refractivity contribution is 6.39. The zero-order valence-corrected chi connectivity index (χ0v) is 11.6. The highest BCUT2D eigenvalue weighted by Crippen LogP contribution is 2.20. The van der Waals surface area contributed by atoms with Crippen LogP contribution < -0.4 is 5.32 Å². The summed E-state index contributed by atoms with van der Waals surface area (Å²) in [4.78, 5) is 25.0. The Bertz CT molecular complexity index is 587. The Kier molecular flexibility index (Phi) is 5.02. The number of aliphatic hydroxyl groups excluding tert-OH is 1. The van der Waals surface area contributed by atoms with Crippen LogP contribution in [-0.4, -0.2) is 41.5 Å². The molecule has 0 saturated carbocycles. The van der Waals surface area contributed by atoms with Crippen molar-refractivity contribution in [2.24, 2.45) is 5.92 Å². The number of carbonyl (C=O) groups is 2. The highest BCUT2D eigenvalue weighted by atomic mass is 19.2. The van der Waals surface area contributed by atoms with Crippen LogP contribution in [0.2, 0.25) is 0 Å². The topological polar surface area (TPSA) is 69.6 Å².